The van der Waals surface area contributed by atoms with Crippen LogP contribution in [-0.4, -0.2) is 19.1 Å². The zero-order chi connectivity index (χ0) is 18.4. The molecule has 0 radical (unpaired) electrons. The van der Waals surface area contributed by atoms with Gasteiger partial charge in [0.1, 0.15) is 11.5 Å². The second-order valence-corrected chi connectivity index (χ2v) is 5.36. The van der Waals surface area contributed by atoms with Crippen LogP contribution in [0.3, 0.4) is 0 Å². The molecule has 4 nitrogen and oxygen atoms in total. The Bertz CT molecular complexity index is 732. The summed E-state index contributed by atoms with van der Waals surface area (Å²) in [6.07, 6.45) is -5.22. The Morgan fingerprint density at radius 2 is 1.80 bits per heavy atom. The van der Waals surface area contributed by atoms with Gasteiger partial charge in [0.25, 0.3) is 5.91 Å². The van der Waals surface area contributed by atoms with Crippen LogP contribution < -0.4 is 14.8 Å². The number of halogens is 3. The lowest BCUT2D eigenvalue weighted by molar-refractivity contribution is -0.137. The van der Waals surface area contributed by atoms with E-state index in [1.54, 1.807) is 31.2 Å². The third-order valence-corrected chi connectivity index (χ3v) is 3.44. The van der Waals surface area contributed by atoms with Crippen LogP contribution in [0.4, 0.5) is 13.2 Å². The summed E-state index contributed by atoms with van der Waals surface area (Å²) >= 11 is 0. The fourth-order valence-electron chi connectivity index (χ4n) is 2.12. The number of hydrogen-bond donors (Lipinski definition) is 1. The van der Waals surface area contributed by atoms with Gasteiger partial charge in [-0.25, -0.2) is 0 Å². The molecule has 134 valence electrons. The second kappa shape index (κ2) is 7.92. The van der Waals surface area contributed by atoms with Crippen LogP contribution in [0.2, 0.25) is 0 Å². The summed E-state index contributed by atoms with van der Waals surface area (Å²) in [6, 6.07) is 11.6. The normalized spacial score (nSPS) is 12.4. The summed E-state index contributed by atoms with van der Waals surface area (Å²) in [7, 11) is 1.52. The van der Waals surface area contributed by atoms with E-state index in [4.69, 9.17) is 9.47 Å². The molecule has 0 aliphatic rings. The first-order chi connectivity index (χ1) is 11.8. The molecule has 2 aromatic rings. The fraction of sp³-hybridized carbons (Fsp3) is 0.278. The number of nitrogens with one attached hydrogen (secondary N) is 1. The molecule has 0 heterocycles. The molecule has 0 saturated carbocycles. The van der Waals surface area contributed by atoms with Crippen LogP contribution in [0, 0.1) is 0 Å². The summed E-state index contributed by atoms with van der Waals surface area (Å²) in [5.74, 6) is 0.621. The lowest BCUT2D eigenvalue weighted by Crippen LogP contribution is -2.35. The van der Waals surface area contributed by atoms with Crippen molar-refractivity contribution < 1.29 is 27.4 Å². The molecule has 0 saturated heterocycles. The molecule has 0 aliphatic carbocycles. The van der Waals surface area contributed by atoms with Gasteiger partial charge >= 0.3 is 6.18 Å². The lowest BCUT2D eigenvalue weighted by Gasteiger charge is -2.15. The van der Waals surface area contributed by atoms with Gasteiger partial charge < -0.3 is 14.8 Å². The van der Waals surface area contributed by atoms with Crippen molar-refractivity contribution in [3.63, 3.8) is 0 Å². The van der Waals surface area contributed by atoms with E-state index in [1.807, 2.05) is 0 Å². The SMILES string of the molecule is COc1cccc(O[C@H](C)C(=O)NCc2cccc(C(F)(F)F)c2)c1. The van der Waals surface area contributed by atoms with Crippen molar-refractivity contribution in [2.75, 3.05) is 7.11 Å². The highest BCUT2D eigenvalue weighted by atomic mass is 19.4. The summed E-state index contributed by atoms with van der Waals surface area (Å²) in [5.41, 5.74) is -0.392. The largest absolute Gasteiger partial charge is 0.497 e. The maximum absolute atomic E-state index is 12.7. The highest BCUT2D eigenvalue weighted by molar-refractivity contribution is 5.80. The molecule has 0 bridgehead atoms. The summed E-state index contributed by atoms with van der Waals surface area (Å²) in [5, 5.41) is 2.56. The molecule has 2 aromatic carbocycles. The molecule has 1 amide bonds. The maximum Gasteiger partial charge on any atom is 0.416 e. The molecule has 1 atom stereocenters. The van der Waals surface area contributed by atoms with Gasteiger partial charge in [-0.2, -0.15) is 13.2 Å². The van der Waals surface area contributed by atoms with Gasteiger partial charge in [0.05, 0.1) is 12.7 Å². The van der Waals surface area contributed by atoms with Crippen molar-refractivity contribution in [2.45, 2.75) is 25.7 Å². The average molecular weight is 353 g/mol. The highest BCUT2D eigenvalue weighted by Crippen LogP contribution is 2.29. The third kappa shape index (κ3) is 5.41. The monoisotopic (exact) mass is 353 g/mol. The molecule has 2 rings (SSSR count). The first-order valence-corrected chi connectivity index (χ1v) is 7.54. The van der Waals surface area contributed by atoms with E-state index in [9.17, 15) is 18.0 Å². The molecular weight excluding hydrogens is 335 g/mol. The van der Waals surface area contributed by atoms with E-state index < -0.39 is 23.8 Å². The first-order valence-electron chi connectivity index (χ1n) is 7.54. The number of carbonyl (C=O) groups excluding carboxylic acids is 1. The molecule has 0 fully saturated rings. The number of ether oxygens (including phenoxy) is 2. The number of amides is 1. The predicted molar refractivity (Wildman–Crippen MR) is 86.4 cm³/mol. The van der Waals surface area contributed by atoms with E-state index in [1.165, 1.54) is 19.2 Å². The Morgan fingerprint density at radius 3 is 2.48 bits per heavy atom. The van der Waals surface area contributed by atoms with Crippen LogP contribution in [0.15, 0.2) is 48.5 Å². The van der Waals surface area contributed by atoms with Gasteiger partial charge in [-0.05, 0) is 36.8 Å². The molecule has 1 N–H and O–H groups in total. The van der Waals surface area contributed by atoms with Gasteiger partial charge in [0.2, 0.25) is 0 Å². The van der Waals surface area contributed by atoms with Crippen molar-refractivity contribution in [2.24, 2.45) is 0 Å². The second-order valence-electron chi connectivity index (χ2n) is 5.36. The zero-order valence-corrected chi connectivity index (χ0v) is 13.8. The minimum Gasteiger partial charge on any atom is -0.497 e. The van der Waals surface area contributed by atoms with Gasteiger partial charge in [0, 0.05) is 12.6 Å². The number of hydrogen-bond acceptors (Lipinski definition) is 3. The average Bonchev–Trinajstić information content (AvgIpc) is 2.59. The Hall–Kier alpha value is -2.70. The van der Waals surface area contributed by atoms with Crippen LogP contribution >= 0.6 is 0 Å². The zero-order valence-electron chi connectivity index (χ0n) is 13.8. The summed E-state index contributed by atoms with van der Waals surface area (Å²) in [6.45, 7) is 1.54. The van der Waals surface area contributed by atoms with E-state index >= 15 is 0 Å². The summed E-state index contributed by atoms with van der Waals surface area (Å²) in [4.78, 5) is 12.1. The first kappa shape index (κ1) is 18.6. The smallest absolute Gasteiger partial charge is 0.416 e. The van der Waals surface area contributed by atoms with Gasteiger partial charge in [-0.15, -0.1) is 0 Å². The molecule has 0 unspecified atom stereocenters. The van der Waals surface area contributed by atoms with Crippen molar-refractivity contribution in [1.29, 1.82) is 0 Å². The number of alkyl halides is 3. The Kier molecular flexibility index (Phi) is 5.90. The van der Waals surface area contributed by atoms with E-state index in [2.05, 4.69) is 5.32 Å². The molecule has 0 aliphatic heterocycles. The Morgan fingerprint density at radius 1 is 1.12 bits per heavy atom. The Balaban J connectivity index is 1.93. The van der Waals surface area contributed by atoms with Crippen LogP contribution in [0.5, 0.6) is 11.5 Å². The molecule has 7 heteroatoms. The van der Waals surface area contributed by atoms with Gasteiger partial charge in [0.15, 0.2) is 6.10 Å². The van der Waals surface area contributed by atoms with Gasteiger partial charge in [-0.1, -0.05) is 18.2 Å². The fourth-order valence-corrected chi connectivity index (χ4v) is 2.12. The molecule has 0 aromatic heterocycles. The molecule has 25 heavy (non-hydrogen) atoms. The minimum atomic E-state index is -4.41. The lowest BCUT2D eigenvalue weighted by atomic mass is 10.1. The standard InChI is InChI=1S/C18H18F3NO3/c1-12(25-16-8-4-7-15(10-16)24-2)17(23)22-11-13-5-3-6-14(9-13)18(19,20)21/h3-10,12H,11H2,1-2H3,(H,22,23)/t12-/m1/s1. The van der Waals surface area contributed by atoms with Crippen LogP contribution in [0.1, 0.15) is 18.1 Å². The quantitative estimate of drug-likeness (QED) is 0.859. The van der Waals surface area contributed by atoms with Crippen LogP contribution in [-0.2, 0) is 17.5 Å². The third-order valence-electron chi connectivity index (χ3n) is 3.44. The summed E-state index contributed by atoms with van der Waals surface area (Å²) < 4.78 is 48.6. The number of benzene rings is 2. The van der Waals surface area contributed by atoms with E-state index in [0.717, 1.165) is 12.1 Å². The number of carbonyl (C=O) groups is 1. The van der Waals surface area contributed by atoms with Crippen molar-refractivity contribution >= 4 is 5.91 Å². The van der Waals surface area contributed by atoms with Crippen LogP contribution in [0.25, 0.3) is 0 Å². The predicted octanol–water partition coefficient (Wildman–Crippen LogP) is 3.80. The highest BCUT2D eigenvalue weighted by Gasteiger charge is 2.30. The number of methoxy groups -OCH3 is 1. The van der Waals surface area contributed by atoms with E-state index in [-0.39, 0.29) is 6.54 Å². The molecular formula is C18H18F3NO3. The number of rotatable bonds is 6. The van der Waals surface area contributed by atoms with Gasteiger partial charge in [-0.3, -0.25) is 4.79 Å². The van der Waals surface area contributed by atoms with E-state index in [0.29, 0.717) is 17.1 Å². The topological polar surface area (TPSA) is 47.6 Å². The minimum absolute atomic E-state index is 0.0193. The van der Waals surface area contributed by atoms with Crippen molar-refractivity contribution in [1.82, 2.24) is 5.32 Å². The maximum atomic E-state index is 12.7. The van der Waals surface area contributed by atoms with Crippen molar-refractivity contribution in [3.05, 3.63) is 59.7 Å². The Labute approximate surface area is 143 Å². The van der Waals surface area contributed by atoms with Crippen molar-refractivity contribution in [3.8, 4) is 11.5 Å². The molecule has 0 spiro atoms.